The molecule has 4 nitrogen and oxygen atoms in total. The maximum absolute atomic E-state index is 12.4. The molecular formula is C21H30N2O2S. The first-order chi connectivity index (χ1) is 12.4. The number of hydrogen-bond donors (Lipinski definition) is 0. The van der Waals surface area contributed by atoms with Crippen molar-refractivity contribution in [2.45, 2.75) is 60.6 Å². The molecule has 2 rings (SSSR count). The quantitative estimate of drug-likeness (QED) is 0.611. The van der Waals surface area contributed by atoms with E-state index in [9.17, 15) is 4.79 Å². The van der Waals surface area contributed by atoms with Crippen LogP contribution in [0, 0.1) is 19.8 Å². The first-order valence-electron chi connectivity index (χ1n) is 9.29. The standard InChI is InChI=1S/C21H30N2O2S/c1-6-7-23(21(24)8-15(2)3)12-18-14-26-20(22-18)13-25-19-10-16(4)9-17(5)11-19/h9-11,14-15H,6-8,12-13H2,1-5H3. The Labute approximate surface area is 161 Å². The monoisotopic (exact) mass is 374 g/mol. The summed E-state index contributed by atoms with van der Waals surface area (Å²) in [4.78, 5) is 19.0. The summed E-state index contributed by atoms with van der Waals surface area (Å²) in [7, 11) is 0. The van der Waals surface area contributed by atoms with Crippen LogP contribution in [0.2, 0.25) is 0 Å². The van der Waals surface area contributed by atoms with Crippen molar-refractivity contribution in [3.05, 3.63) is 45.4 Å². The average Bonchev–Trinajstić information content (AvgIpc) is 2.98. The molecule has 26 heavy (non-hydrogen) atoms. The van der Waals surface area contributed by atoms with E-state index in [4.69, 9.17) is 4.74 Å². The number of aromatic nitrogens is 1. The highest BCUT2D eigenvalue weighted by Crippen LogP contribution is 2.20. The van der Waals surface area contributed by atoms with E-state index in [-0.39, 0.29) is 5.91 Å². The molecule has 0 aliphatic heterocycles. The number of thiazole rings is 1. The third-order valence-electron chi connectivity index (χ3n) is 3.94. The zero-order valence-electron chi connectivity index (χ0n) is 16.5. The number of carbonyl (C=O) groups excluding carboxylic acids is 1. The highest BCUT2D eigenvalue weighted by atomic mass is 32.1. The maximum Gasteiger partial charge on any atom is 0.223 e. The summed E-state index contributed by atoms with van der Waals surface area (Å²) in [6, 6.07) is 6.20. The second-order valence-electron chi connectivity index (χ2n) is 7.26. The van der Waals surface area contributed by atoms with Crippen LogP contribution >= 0.6 is 11.3 Å². The molecule has 5 heteroatoms. The van der Waals surface area contributed by atoms with Crippen LogP contribution in [0.4, 0.5) is 0 Å². The van der Waals surface area contributed by atoms with E-state index in [1.165, 1.54) is 11.1 Å². The molecule has 1 aromatic heterocycles. The lowest BCUT2D eigenvalue weighted by molar-refractivity contribution is -0.132. The lowest BCUT2D eigenvalue weighted by Crippen LogP contribution is -2.32. The Morgan fingerprint density at radius 3 is 2.54 bits per heavy atom. The summed E-state index contributed by atoms with van der Waals surface area (Å²) in [5.74, 6) is 1.46. The molecule has 2 aromatic rings. The molecule has 0 N–H and O–H groups in total. The third kappa shape index (κ3) is 6.45. The van der Waals surface area contributed by atoms with Crippen LogP contribution in [0.15, 0.2) is 23.6 Å². The van der Waals surface area contributed by atoms with Gasteiger partial charge in [-0.2, -0.15) is 0 Å². The Bertz CT molecular complexity index is 704. The van der Waals surface area contributed by atoms with Crippen LogP contribution in [-0.2, 0) is 17.9 Å². The lowest BCUT2D eigenvalue weighted by atomic mass is 10.1. The van der Waals surface area contributed by atoms with Gasteiger partial charge in [-0.3, -0.25) is 4.79 Å². The van der Waals surface area contributed by atoms with E-state index in [2.05, 4.69) is 45.7 Å². The predicted octanol–water partition coefficient (Wildman–Crippen LogP) is 5.12. The molecule has 0 bridgehead atoms. The van der Waals surface area contributed by atoms with Crippen molar-refractivity contribution in [2.75, 3.05) is 6.54 Å². The number of hydrogen-bond acceptors (Lipinski definition) is 4. The van der Waals surface area contributed by atoms with Crippen molar-refractivity contribution in [1.29, 1.82) is 0 Å². The first-order valence-corrected chi connectivity index (χ1v) is 10.2. The van der Waals surface area contributed by atoms with Crippen LogP contribution in [0.25, 0.3) is 0 Å². The van der Waals surface area contributed by atoms with Gasteiger partial charge in [-0.25, -0.2) is 4.98 Å². The topological polar surface area (TPSA) is 42.4 Å². The van der Waals surface area contributed by atoms with Crippen LogP contribution in [0.3, 0.4) is 0 Å². The van der Waals surface area contributed by atoms with Crippen molar-refractivity contribution in [1.82, 2.24) is 9.88 Å². The van der Waals surface area contributed by atoms with Gasteiger partial charge in [0.05, 0.1) is 12.2 Å². The predicted molar refractivity (Wildman–Crippen MR) is 108 cm³/mol. The summed E-state index contributed by atoms with van der Waals surface area (Å²) in [6.07, 6.45) is 1.55. The Morgan fingerprint density at radius 2 is 1.92 bits per heavy atom. The number of carbonyl (C=O) groups is 1. The fourth-order valence-corrected chi connectivity index (χ4v) is 3.58. The third-order valence-corrected chi connectivity index (χ3v) is 4.81. The smallest absolute Gasteiger partial charge is 0.223 e. The van der Waals surface area contributed by atoms with E-state index in [1.807, 2.05) is 22.4 Å². The molecule has 0 fully saturated rings. The fourth-order valence-electron chi connectivity index (χ4n) is 2.88. The minimum atomic E-state index is 0.211. The molecule has 1 heterocycles. The molecule has 1 amide bonds. The summed E-state index contributed by atoms with van der Waals surface area (Å²) in [6.45, 7) is 12.2. The fraction of sp³-hybridized carbons (Fsp3) is 0.524. The largest absolute Gasteiger partial charge is 0.486 e. The molecule has 0 atom stereocenters. The van der Waals surface area contributed by atoms with Gasteiger partial charge < -0.3 is 9.64 Å². The van der Waals surface area contributed by atoms with Crippen LogP contribution < -0.4 is 4.74 Å². The Balaban J connectivity index is 1.95. The van der Waals surface area contributed by atoms with E-state index < -0.39 is 0 Å². The minimum absolute atomic E-state index is 0.211. The molecule has 0 aliphatic carbocycles. The Morgan fingerprint density at radius 1 is 1.23 bits per heavy atom. The van der Waals surface area contributed by atoms with E-state index >= 15 is 0 Å². The molecule has 142 valence electrons. The van der Waals surface area contributed by atoms with Gasteiger partial charge in [-0.05, 0) is 49.4 Å². The van der Waals surface area contributed by atoms with Crippen molar-refractivity contribution in [2.24, 2.45) is 5.92 Å². The summed E-state index contributed by atoms with van der Waals surface area (Å²) in [5.41, 5.74) is 3.33. The number of aryl methyl sites for hydroxylation is 2. The van der Waals surface area contributed by atoms with Gasteiger partial charge in [0.25, 0.3) is 0 Å². The van der Waals surface area contributed by atoms with Gasteiger partial charge in [0, 0.05) is 18.3 Å². The number of amides is 1. The molecule has 0 aliphatic rings. The van der Waals surface area contributed by atoms with Crippen LogP contribution in [-0.4, -0.2) is 22.3 Å². The van der Waals surface area contributed by atoms with Crippen LogP contribution in [0.5, 0.6) is 5.75 Å². The van der Waals surface area contributed by atoms with E-state index in [0.29, 0.717) is 25.5 Å². The number of nitrogens with zero attached hydrogens (tertiary/aromatic N) is 2. The SMILES string of the molecule is CCCN(Cc1csc(COc2cc(C)cc(C)c2)n1)C(=O)CC(C)C. The summed E-state index contributed by atoms with van der Waals surface area (Å²) >= 11 is 1.59. The first kappa shape index (κ1) is 20.4. The van der Waals surface area contributed by atoms with Gasteiger partial charge in [-0.15, -0.1) is 11.3 Å². The van der Waals surface area contributed by atoms with Crippen molar-refractivity contribution in [3.63, 3.8) is 0 Å². The van der Waals surface area contributed by atoms with E-state index in [0.717, 1.165) is 29.4 Å². The molecule has 0 radical (unpaired) electrons. The average molecular weight is 375 g/mol. The second-order valence-corrected chi connectivity index (χ2v) is 8.20. The number of ether oxygens (including phenoxy) is 1. The number of benzene rings is 1. The Hall–Kier alpha value is -1.88. The highest BCUT2D eigenvalue weighted by Gasteiger charge is 2.16. The zero-order valence-corrected chi connectivity index (χ0v) is 17.4. The molecule has 0 unspecified atom stereocenters. The molecule has 0 spiro atoms. The van der Waals surface area contributed by atoms with Gasteiger partial charge >= 0.3 is 0 Å². The summed E-state index contributed by atoms with van der Waals surface area (Å²) < 4.78 is 5.89. The molecule has 0 saturated carbocycles. The van der Waals surface area contributed by atoms with Crippen molar-refractivity contribution >= 4 is 17.2 Å². The molecular weight excluding hydrogens is 344 g/mol. The van der Waals surface area contributed by atoms with Gasteiger partial charge in [-0.1, -0.05) is 26.8 Å². The van der Waals surface area contributed by atoms with Crippen LogP contribution in [0.1, 0.15) is 55.4 Å². The van der Waals surface area contributed by atoms with Crippen molar-refractivity contribution < 1.29 is 9.53 Å². The normalized spacial score (nSPS) is 11.0. The van der Waals surface area contributed by atoms with Gasteiger partial charge in [0.15, 0.2) is 0 Å². The van der Waals surface area contributed by atoms with Gasteiger partial charge in [0.2, 0.25) is 5.91 Å². The Kier molecular flexibility index (Phi) is 7.64. The summed E-state index contributed by atoms with van der Waals surface area (Å²) in [5, 5.41) is 2.97. The molecule has 0 saturated heterocycles. The molecule has 1 aromatic carbocycles. The minimum Gasteiger partial charge on any atom is -0.486 e. The van der Waals surface area contributed by atoms with Crippen molar-refractivity contribution in [3.8, 4) is 5.75 Å². The maximum atomic E-state index is 12.4. The highest BCUT2D eigenvalue weighted by molar-refractivity contribution is 7.09. The lowest BCUT2D eigenvalue weighted by Gasteiger charge is -2.22. The van der Waals surface area contributed by atoms with Gasteiger partial charge in [0.1, 0.15) is 17.4 Å². The second kappa shape index (κ2) is 9.72. The van der Waals surface area contributed by atoms with E-state index in [1.54, 1.807) is 11.3 Å². The zero-order chi connectivity index (χ0) is 19.1. The number of rotatable bonds is 9.